The first kappa shape index (κ1) is 9.41. The number of carbonyl (C=O) groups is 1. The van der Waals surface area contributed by atoms with Gasteiger partial charge in [-0.3, -0.25) is 4.79 Å². The van der Waals surface area contributed by atoms with Gasteiger partial charge in [0.1, 0.15) is 5.78 Å². The molecule has 2 aliphatic rings. The molecule has 3 rings (SSSR count). The van der Waals surface area contributed by atoms with Gasteiger partial charge >= 0.3 is 0 Å². The van der Waals surface area contributed by atoms with Crippen molar-refractivity contribution in [1.29, 1.82) is 0 Å². The summed E-state index contributed by atoms with van der Waals surface area (Å²) in [5.41, 5.74) is 2.44. The highest BCUT2D eigenvalue weighted by molar-refractivity contribution is 6.30. The Labute approximate surface area is 94.4 Å². The minimum atomic E-state index is -0.113. The topological polar surface area (TPSA) is 17.1 Å². The lowest BCUT2D eigenvalue weighted by Crippen LogP contribution is -2.45. The summed E-state index contributed by atoms with van der Waals surface area (Å²) in [5, 5.41) is 0.789. The monoisotopic (exact) mass is 220 g/mol. The molecule has 15 heavy (non-hydrogen) atoms. The minimum absolute atomic E-state index is 0.113. The van der Waals surface area contributed by atoms with Crippen molar-refractivity contribution in [2.24, 2.45) is 0 Å². The molecule has 0 heterocycles. The Morgan fingerprint density at radius 3 is 2.67 bits per heavy atom. The normalized spacial score (nSPS) is 22.3. The van der Waals surface area contributed by atoms with Crippen molar-refractivity contribution in [3.63, 3.8) is 0 Å². The molecule has 0 saturated heterocycles. The molecule has 0 N–H and O–H groups in total. The molecular formula is C13H13ClO. The lowest BCUT2D eigenvalue weighted by Gasteiger charge is -2.44. The molecule has 1 spiro atoms. The number of aryl methyl sites for hydroxylation is 1. The summed E-state index contributed by atoms with van der Waals surface area (Å²) in [7, 11) is 0. The van der Waals surface area contributed by atoms with E-state index in [1.165, 1.54) is 17.5 Å². The van der Waals surface area contributed by atoms with E-state index in [9.17, 15) is 4.79 Å². The Balaban J connectivity index is 2.16. The van der Waals surface area contributed by atoms with Gasteiger partial charge in [0.05, 0.1) is 5.41 Å². The van der Waals surface area contributed by atoms with Crippen molar-refractivity contribution in [1.82, 2.24) is 0 Å². The van der Waals surface area contributed by atoms with Crippen LogP contribution in [0.2, 0.25) is 5.02 Å². The average Bonchev–Trinajstić information content (AvgIpc) is 2.15. The highest BCUT2D eigenvalue weighted by Crippen LogP contribution is 2.49. The van der Waals surface area contributed by atoms with E-state index in [0.717, 1.165) is 24.3 Å². The molecule has 1 aromatic rings. The zero-order chi connectivity index (χ0) is 10.5. The molecule has 0 radical (unpaired) electrons. The van der Waals surface area contributed by atoms with Gasteiger partial charge in [-0.25, -0.2) is 0 Å². The van der Waals surface area contributed by atoms with Crippen molar-refractivity contribution < 1.29 is 4.79 Å². The Morgan fingerprint density at radius 2 is 2.00 bits per heavy atom. The van der Waals surface area contributed by atoms with Gasteiger partial charge in [0.25, 0.3) is 0 Å². The maximum atomic E-state index is 12.0. The van der Waals surface area contributed by atoms with E-state index in [1.54, 1.807) is 0 Å². The van der Waals surface area contributed by atoms with Gasteiger partial charge in [-0.2, -0.15) is 0 Å². The van der Waals surface area contributed by atoms with Crippen LogP contribution < -0.4 is 0 Å². The zero-order valence-corrected chi connectivity index (χ0v) is 9.31. The lowest BCUT2D eigenvalue weighted by molar-refractivity contribution is -0.128. The molecule has 0 atom stereocenters. The Kier molecular flexibility index (Phi) is 1.93. The first-order valence-electron chi connectivity index (χ1n) is 5.55. The van der Waals surface area contributed by atoms with Crippen LogP contribution in [0.1, 0.15) is 36.8 Å². The number of Topliss-reactive ketones (excluding diaryl/α,β-unsaturated/α-hetero) is 1. The fourth-order valence-corrected chi connectivity index (χ4v) is 3.15. The predicted octanol–water partition coefficient (Wildman–Crippen LogP) is 3.28. The number of carbonyl (C=O) groups excluding carboxylic acids is 1. The molecule has 0 aliphatic heterocycles. The lowest BCUT2D eigenvalue weighted by atomic mass is 9.57. The summed E-state index contributed by atoms with van der Waals surface area (Å²) in [6.45, 7) is 0. The van der Waals surface area contributed by atoms with E-state index in [1.807, 2.05) is 12.1 Å². The minimum Gasteiger partial charge on any atom is -0.299 e. The predicted molar refractivity (Wildman–Crippen MR) is 60.3 cm³/mol. The first-order valence-corrected chi connectivity index (χ1v) is 5.92. The number of rotatable bonds is 0. The molecule has 0 amide bonds. The van der Waals surface area contributed by atoms with Gasteiger partial charge < -0.3 is 0 Å². The SMILES string of the molecule is O=C1CCc2cc(Cl)ccc2C12CCC2. The second-order valence-corrected chi connectivity index (χ2v) is 5.10. The van der Waals surface area contributed by atoms with E-state index in [2.05, 4.69) is 6.07 Å². The van der Waals surface area contributed by atoms with Crippen molar-refractivity contribution in [3.05, 3.63) is 34.3 Å². The van der Waals surface area contributed by atoms with Gasteiger partial charge in [0, 0.05) is 11.4 Å². The van der Waals surface area contributed by atoms with Crippen molar-refractivity contribution in [2.75, 3.05) is 0 Å². The molecule has 2 aliphatic carbocycles. The standard InChI is InChI=1S/C13H13ClO/c14-10-3-4-11-9(8-10)2-5-12(15)13(11)6-1-7-13/h3-4,8H,1-2,5-7H2. The highest BCUT2D eigenvalue weighted by Gasteiger charge is 2.47. The average molecular weight is 221 g/mol. The van der Waals surface area contributed by atoms with Gasteiger partial charge in [0.2, 0.25) is 0 Å². The molecule has 0 unspecified atom stereocenters. The van der Waals surface area contributed by atoms with Gasteiger partial charge in [-0.15, -0.1) is 0 Å². The summed E-state index contributed by atoms with van der Waals surface area (Å²) in [6.07, 6.45) is 4.85. The van der Waals surface area contributed by atoms with Crippen molar-refractivity contribution >= 4 is 17.4 Å². The fourth-order valence-electron chi connectivity index (χ4n) is 2.95. The number of hydrogen-bond acceptors (Lipinski definition) is 1. The smallest absolute Gasteiger partial charge is 0.143 e. The molecule has 78 valence electrons. The van der Waals surface area contributed by atoms with Crippen LogP contribution in [-0.2, 0) is 16.6 Å². The summed E-state index contributed by atoms with van der Waals surface area (Å²) >= 11 is 5.98. The summed E-state index contributed by atoms with van der Waals surface area (Å²) in [4.78, 5) is 12.0. The van der Waals surface area contributed by atoms with Crippen LogP contribution in [0, 0.1) is 0 Å². The third kappa shape index (κ3) is 1.19. The summed E-state index contributed by atoms with van der Waals surface area (Å²) in [5.74, 6) is 0.448. The van der Waals surface area contributed by atoms with Crippen LogP contribution in [0.25, 0.3) is 0 Å². The second-order valence-electron chi connectivity index (χ2n) is 4.66. The van der Waals surface area contributed by atoms with Crippen LogP contribution >= 0.6 is 11.6 Å². The van der Waals surface area contributed by atoms with Crippen LogP contribution in [0.15, 0.2) is 18.2 Å². The molecule has 1 saturated carbocycles. The summed E-state index contributed by atoms with van der Waals surface area (Å²) < 4.78 is 0. The molecule has 1 fully saturated rings. The number of halogens is 1. The Morgan fingerprint density at radius 1 is 1.20 bits per heavy atom. The quantitative estimate of drug-likeness (QED) is 0.656. The number of hydrogen-bond donors (Lipinski definition) is 0. The third-order valence-corrected chi connectivity index (χ3v) is 4.18. The molecule has 0 bridgehead atoms. The van der Waals surface area contributed by atoms with Gasteiger partial charge in [0.15, 0.2) is 0 Å². The summed E-state index contributed by atoms with van der Waals surface area (Å²) in [6, 6.07) is 6.01. The van der Waals surface area contributed by atoms with Gasteiger partial charge in [-0.1, -0.05) is 24.1 Å². The van der Waals surface area contributed by atoms with E-state index in [4.69, 9.17) is 11.6 Å². The second kappa shape index (κ2) is 3.08. The Bertz CT molecular complexity index is 432. The van der Waals surface area contributed by atoms with E-state index in [-0.39, 0.29) is 5.41 Å². The van der Waals surface area contributed by atoms with Crippen LogP contribution in [0.3, 0.4) is 0 Å². The van der Waals surface area contributed by atoms with Crippen molar-refractivity contribution in [3.8, 4) is 0 Å². The number of ketones is 1. The molecule has 0 aromatic heterocycles. The molecule has 2 heteroatoms. The van der Waals surface area contributed by atoms with E-state index >= 15 is 0 Å². The van der Waals surface area contributed by atoms with E-state index in [0.29, 0.717) is 12.2 Å². The van der Waals surface area contributed by atoms with E-state index < -0.39 is 0 Å². The van der Waals surface area contributed by atoms with Crippen LogP contribution in [0.5, 0.6) is 0 Å². The first-order chi connectivity index (χ1) is 7.22. The number of fused-ring (bicyclic) bond motifs is 2. The molecular weight excluding hydrogens is 208 g/mol. The van der Waals surface area contributed by atoms with Crippen LogP contribution in [0.4, 0.5) is 0 Å². The van der Waals surface area contributed by atoms with Crippen LogP contribution in [-0.4, -0.2) is 5.78 Å². The molecule has 1 nitrogen and oxygen atoms in total. The zero-order valence-electron chi connectivity index (χ0n) is 8.55. The largest absolute Gasteiger partial charge is 0.299 e. The van der Waals surface area contributed by atoms with Crippen molar-refractivity contribution in [2.45, 2.75) is 37.5 Å². The maximum Gasteiger partial charge on any atom is 0.143 e. The number of benzene rings is 1. The fraction of sp³-hybridized carbons (Fsp3) is 0.462. The van der Waals surface area contributed by atoms with Gasteiger partial charge in [-0.05, 0) is 42.5 Å². The Hall–Kier alpha value is -0.820. The molecule has 1 aromatic carbocycles. The maximum absolute atomic E-state index is 12.0. The highest BCUT2D eigenvalue weighted by atomic mass is 35.5. The third-order valence-electron chi connectivity index (χ3n) is 3.95.